The molecule has 0 unspecified atom stereocenters. The highest BCUT2D eigenvalue weighted by Crippen LogP contribution is 2.33. The Kier molecular flexibility index (Phi) is 3.78. The normalized spacial score (nSPS) is 33.5. The molecule has 5 heteroatoms. The highest BCUT2D eigenvalue weighted by molar-refractivity contribution is 5.89. The molecule has 19 heavy (non-hydrogen) atoms. The van der Waals surface area contributed by atoms with E-state index >= 15 is 0 Å². The molecule has 3 rings (SSSR count). The minimum Gasteiger partial charge on any atom is -0.379 e. The van der Waals surface area contributed by atoms with Crippen molar-refractivity contribution in [1.29, 1.82) is 0 Å². The van der Waals surface area contributed by atoms with E-state index in [1.807, 2.05) is 0 Å². The highest BCUT2D eigenvalue weighted by Gasteiger charge is 2.47. The van der Waals surface area contributed by atoms with Gasteiger partial charge in [0, 0.05) is 13.2 Å². The van der Waals surface area contributed by atoms with E-state index in [-0.39, 0.29) is 18.1 Å². The number of hydrogen-bond donors (Lipinski definition) is 2. The Hall–Kier alpha value is -0.650. The van der Waals surface area contributed by atoms with E-state index in [4.69, 9.17) is 15.2 Å². The maximum absolute atomic E-state index is 12.0. The van der Waals surface area contributed by atoms with Crippen molar-refractivity contribution in [1.82, 2.24) is 5.32 Å². The number of carbonyl (C=O) groups is 1. The number of carbonyl (C=O) groups excluding carboxylic acids is 1. The molecule has 2 atom stereocenters. The summed E-state index contributed by atoms with van der Waals surface area (Å²) in [5.74, 6) is 0.694. The van der Waals surface area contributed by atoms with Crippen LogP contribution in [0.1, 0.15) is 38.5 Å². The van der Waals surface area contributed by atoms with E-state index in [0.29, 0.717) is 19.1 Å². The van der Waals surface area contributed by atoms with Gasteiger partial charge in [-0.1, -0.05) is 6.42 Å². The molecule has 3 N–H and O–H groups in total. The Morgan fingerprint density at radius 1 is 1.37 bits per heavy atom. The number of hydrogen-bond acceptors (Lipinski definition) is 4. The highest BCUT2D eigenvalue weighted by atomic mass is 16.5. The number of nitrogens with two attached hydrogens (primary N) is 1. The summed E-state index contributed by atoms with van der Waals surface area (Å²) in [6.45, 7) is 2.06. The Morgan fingerprint density at radius 2 is 2.16 bits per heavy atom. The van der Waals surface area contributed by atoms with Crippen LogP contribution in [0.3, 0.4) is 0 Å². The zero-order valence-electron chi connectivity index (χ0n) is 11.4. The van der Waals surface area contributed by atoms with Crippen molar-refractivity contribution in [3.8, 4) is 0 Å². The first-order valence-corrected chi connectivity index (χ1v) is 7.46. The lowest BCUT2D eigenvalue weighted by molar-refractivity contribution is -0.129. The third-order valence-corrected chi connectivity index (χ3v) is 4.63. The van der Waals surface area contributed by atoms with Crippen LogP contribution in [-0.4, -0.2) is 43.4 Å². The van der Waals surface area contributed by atoms with Gasteiger partial charge in [0.05, 0.1) is 18.2 Å². The van der Waals surface area contributed by atoms with Crippen molar-refractivity contribution in [2.45, 2.75) is 56.2 Å². The smallest absolute Gasteiger partial charge is 0.240 e. The van der Waals surface area contributed by atoms with Gasteiger partial charge in [0.15, 0.2) is 0 Å². The molecule has 3 fully saturated rings. The summed E-state index contributed by atoms with van der Waals surface area (Å²) < 4.78 is 11.4. The topological polar surface area (TPSA) is 73.6 Å². The third-order valence-electron chi connectivity index (χ3n) is 4.63. The lowest BCUT2D eigenvalue weighted by Crippen LogP contribution is -2.55. The van der Waals surface area contributed by atoms with Crippen molar-refractivity contribution in [3.63, 3.8) is 0 Å². The summed E-state index contributed by atoms with van der Waals surface area (Å²) in [5.41, 5.74) is 5.32. The van der Waals surface area contributed by atoms with E-state index in [1.54, 1.807) is 0 Å². The molecule has 0 bridgehead atoms. The van der Waals surface area contributed by atoms with E-state index in [1.165, 1.54) is 19.3 Å². The van der Waals surface area contributed by atoms with E-state index in [0.717, 1.165) is 25.9 Å². The maximum Gasteiger partial charge on any atom is 0.240 e. The van der Waals surface area contributed by atoms with Gasteiger partial charge in [-0.3, -0.25) is 4.79 Å². The lowest BCUT2D eigenvalue weighted by Gasteiger charge is -2.35. The monoisotopic (exact) mass is 268 g/mol. The Bertz CT molecular complexity index is 340. The first-order chi connectivity index (χ1) is 9.17. The fourth-order valence-corrected chi connectivity index (χ4v) is 2.63. The van der Waals surface area contributed by atoms with Crippen molar-refractivity contribution in [2.75, 3.05) is 19.8 Å². The fourth-order valence-electron chi connectivity index (χ4n) is 2.63. The minimum absolute atomic E-state index is 0.0133. The van der Waals surface area contributed by atoms with Gasteiger partial charge in [-0.25, -0.2) is 0 Å². The maximum atomic E-state index is 12.0. The van der Waals surface area contributed by atoms with Crippen LogP contribution in [-0.2, 0) is 14.3 Å². The Labute approximate surface area is 114 Å². The van der Waals surface area contributed by atoms with Crippen LogP contribution in [0.25, 0.3) is 0 Å². The van der Waals surface area contributed by atoms with Gasteiger partial charge in [-0.15, -0.1) is 0 Å². The first-order valence-electron chi connectivity index (χ1n) is 7.46. The molecule has 0 spiro atoms. The molecule has 1 aliphatic heterocycles. The standard InChI is InChI=1S/C14H24N2O3/c15-14(5-6-14)13(17)16-11-4-7-18-9-12(11)19-8-10-2-1-3-10/h10-12H,1-9,15H2,(H,16,17)/t11-,12-/m1/s1. The van der Waals surface area contributed by atoms with Gasteiger partial charge in [0.2, 0.25) is 5.91 Å². The van der Waals surface area contributed by atoms with Gasteiger partial charge in [0.1, 0.15) is 6.10 Å². The van der Waals surface area contributed by atoms with Gasteiger partial charge in [-0.2, -0.15) is 0 Å². The van der Waals surface area contributed by atoms with Crippen molar-refractivity contribution >= 4 is 5.91 Å². The predicted octanol–water partition coefficient (Wildman–Crippen LogP) is 0.568. The molecule has 2 aliphatic carbocycles. The predicted molar refractivity (Wildman–Crippen MR) is 70.6 cm³/mol. The second kappa shape index (κ2) is 5.38. The Morgan fingerprint density at radius 3 is 2.79 bits per heavy atom. The molecule has 3 aliphatic rings. The Balaban J connectivity index is 1.49. The number of ether oxygens (including phenoxy) is 2. The van der Waals surface area contributed by atoms with E-state index in [9.17, 15) is 4.79 Å². The van der Waals surface area contributed by atoms with Gasteiger partial charge in [0.25, 0.3) is 0 Å². The summed E-state index contributed by atoms with van der Waals surface area (Å²) >= 11 is 0. The SMILES string of the molecule is NC1(C(=O)N[C@@H]2CCOC[C@H]2OCC2CCC2)CC1. The summed E-state index contributed by atoms with van der Waals surface area (Å²) in [4.78, 5) is 12.0. The molecule has 0 aromatic rings. The number of rotatable bonds is 5. The van der Waals surface area contributed by atoms with Crippen LogP contribution in [0.2, 0.25) is 0 Å². The molecule has 1 heterocycles. The summed E-state index contributed by atoms with van der Waals surface area (Å²) in [7, 11) is 0. The number of nitrogens with one attached hydrogen (secondary N) is 1. The van der Waals surface area contributed by atoms with Crippen LogP contribution in [0.5, 0.6) is 0 Å². The zero-order chi connectivity index (χ0) is 13.3. The first kappa shape index (κ1) is 13.3. The van der Waals surface area contributed by atoms with Crippen LogP contribution in [0, 0.1) is 5.92 Å². The minimum atomic E-state index is -0.600. The van der Waals surface area contributed by atoms with Gasteiger partial charge >= 0.3 is 0 Å². The fraction of sp³-hybridized carbons (Fsp3) is 0.929. The van der Waals surface area contributed by atoms with Crippen LogP contribution in [0.4, 0.5) is 0 Å². The molecule has 0 aromatic heterocycles. The van der Waals surface area contributed by atoms with Gasteiger partial charge in [-0.05, 0) is 38.0 Å². The van der Waals surface area contributed by atoms with Crippen LogP contribution >= 0.6 is 0 Å². The van der Waals surface area contributed by atoms with E-state index < -0.39 is 5.54 Å². The van der Waals surface area contributed by atoms with Crippen molar-refractivity contribution < 1.29 is 14.3 Å². The lowest BCUT2D eigenvalue weighted by atomic mass is 9.86. The largest absolute Gasteiger partial charge is 0.379 e. The van der Waals surface area contributed by atoms with Crippen molar-refractivity contribution in [2.24, 2.45) is 11.7 Å². The third kappa shape index (κ3) is 3.09. The second-order valence-electron chi connectivity index (χ2n) is 6.27. The summed E-state index contributed by atoms with van der Waals surface area (Å²) in [6.07, 6.45) is 6.28. The molecule has 1 amide bonds. The molecular formula is C14H24N2O3. The van der Waals surface area contributed by atoms with Gasteiger partial charge < -0.3 is 20.5 Å². The molecule has 2 saturated carbocycles. The quantitative estimate of drug-likeness (QED) is 0.764. The molecule has 0 aromatic carbocycles. The van der Waals surface area contributed by atoms with Crippen molar-refractivity contribution in [3.05, 3.63) is 0 Å². The van der Waals surface area contributed by atoms with Crippen LogP contribution < -0.4 is 11.1 Å². The average Bonchev–Trinajstić information content (AvgIpc) is 3.09. The summed E-state index contributed by atoms with van der Waals surface area (Å²) in [6, 6.07) is 0.0577. The molecular weight excluding hydrogens is 244 g/mol. The van der Waals surface area contributed by atoms with E-state index in [2.05, 4.69) is 5.32 Å². The second-order valence-corrected chi connectivity index (χ2v) is 6.27. The molecule has 0 radical (unpaired) electrons. The zero-order valence-corrected chi connectivity index (χ0v) is 11.4. The summed E-state index contributed by atoms with van der Waals surface area (Å²) in [5, 5.41) is 3.06. The average molecular weight is 268 g/mol. The molecule has 1 saturated heterocycles. The molecule has 108 valence electrons. The number of amides is 1. The molecule has 5 nitrogen and oxygen atoms in total. The van der Waals surface area contributed by atoms with Crippen LogP contribution in [0.15, 0.2) is 0 Å².